The van der Waals surface area contributed by atoms with E-state index in [0.29, 0.717) is 12.4 Å². The van der Waals surface area contributed by atoms with Gasteiger partial charge in [-0.1, -0.05) is 6.07 Å². The van der Waals surface area contributed by atoms with Crippen molar-refractivity contribution in [2.24, 2.45) is 0 Å². The Balaban J connectivity index is 2.64. The molecule has 0 spiro atoms. The molecule has 0 radical (unpaired) electrons. The van der Waals surface area contributed by atoms with Crippen molar-refractivity contribution in [3.8, 4) is 5.88 Å². The van der Waals surface area contributed by atoms with Crippen LogP contribution in [0.25, 0.3) is 0 Å². The molecule has 88 valence electrons. The number of carboxylic acid groups (broad SMARTS) is 1. The molecule has 0 aliphatic rings. The molecule has 5 heteroatoms. The SMILES string of the molecule is COc1cccc(CNC(C)(C)C(=O)O)n1. The fourth-order valence-electron chi connectivity index (χ4n) is 1.06. The monoisotopic (exact) mass is 224 g/mol. The molecule has 1 rings (SSSR count). The number of hydrogen-bond acceptors (Lipinski definition) is 4. The second kappa shape index (κ2) is 4.94. The molecule has 5 nitrogen and oxygen atoms in total. The van der Waals surface area contributed by atoms with Crippen molar-refractivity contribution in [1.29, 1.82) is 0 Å². The van der Waals surface area contributed by atoms with Crippen molar-refractivity contribution >= 4 is 5.97 Å². The third-order valence-electron chi connectivity index (χ3n) is 2.24. The first-order valence-electron chi connectivity index (χ1n) is 4.94. The minimum absolute atomic E-state index is 0.385. The maximum absolute atomic E-state index is 10.9. The quantitative estimate of drug-likeness (QED) is 0.782. The van der Waals surface area contributed by atoms with Gasteiger partial charge in [0.25, 0.3) is 0 Å². The Hall–Kier alpha value is -1.62. The molecule has 0 saturated carbocycles. The van der Waals surface area contributed by atoms with Gasteiger partial charge >= 0.3 is 5.97 Å². The van der Waals surface area contributed by atoms with E-state index in [9.17, 15) is 4.79 Å². The Morgan fingerprint density at radius 2 is 2.25 bits per heavy atom. The predicted octanol–water partition coefficient (Wildman–Crippen LogP) is 1.04. The zero-order valence-corrected chi connectivity index (χ0v) is 9.65. The molecule has 0 fully saturated rings. The molecule has 0 aliphatic heterocycles. The number of pyridine rings is 1. The van der Waals surface area contributed by atoms with Crippen LogP contribution >= 0.6 is 0 Å². The third kappa shape index (κ3) is 3.20. The highest BCUT2D eigenvalue weighted by Crippen LogP contribution is 2.08. The zero-order chi connectivity index (χ0) is 12.2. The van der Waals surface area contributed by atoms with E-state index < -0.39 is 11.5 Å². The molecule has 0 unspecified atom stereocenters. The summed E-state index contributed by atoms with van der Waals surface area (Å²) in [5, 5.41) is 11.8. The van der Waals surface area contributed by atoms with Crippen LogP contribution in [-0.2, 0) is 11.3 Å². The number of hydrogen-bond donors (Lipinski definition) is 2. The van der Waals surface area contributed by atoms with Crippen LogP contribution in [0.5, 0.6) is 5.88 Å². The Kier molecular flexibility index (Phi) is 3.84. The lowest BCUT2D eigenvalue weighted by Crippen LogP contribution is -2.46. The highest BCUT2D eigenvalue weighted by Gasteiger charge is 2.25. The fourth-order valence-corrected chi connectivity index (χ4v) is 1.06. The Morgan fingerprint density at radius 1 is 1.56 bits per heavy atom. The molecule has 0 saturated heterocycles. The van der Waals surface area contributed by atoms with Crippen LogP contribution in [-0.4, -0.2) is 28.7 Å². The molecule has 16 heavy (non-hydrogen) atoms. The lowest BCUT2D eigenvalue weighted by Gasteiger charge is -2.20. The number of carboxylic acids is 1. The number of rotatable bonds is 5. The number of aromatic nitrogens is 1. The smallest absolute Gasteiger partial charge is 0.323 e. The summed E-state index contributed by atoms with van der Waals surface area (Å²) in [5.41, 5.74) is -0.223. The van der Waals surface area contributed by atoms with Gasteiger partial charge < -0.3 is 9.84 Å². The van der Waals surface area contributed by atoms with Gasteiger partial charge in [-0.2, -0.15) is 0 Å². The third-order valence-corrected chi connectivity index (χ3v) is 2.24. The molecular weight excluding hydrogens is 208 g/mol. The zero-order valence-electron chi connectivity index (χ0n) is 9.65. The van der Waals surface area contributed by atoms with Gasteiger partial charge in [-0.15, -0.1) is 0 Å². The van der Waals surface area contributed by atoms with E-state index in [2.05, 4.69) is 10.3 Å². The van der Waals surface area contributed by atoms with Gasteiger partial charge in [0.15, 0.2) is 0 Å². The van der Waals surface area contributed by atoms with Crippen LogP contribution in [0.1, 0.15) is 19.5 Å². The molecule has 2 N–H and O–H groups in total. The Labute approximate surface area is 94.5 Å². The highest BCUT2D eigenvalue weighted by molar-refractivity contribution is 5.77. The lowest BCUT2D eigenvalue weighted by atomic mass is 10.1. The number of aliphatic carboxylic acids is 1. The van der Waals surface area contributed by atoms with E-state index in [4.69, 9.17) is 9.84 Å². The molecule has 0 amide bonds. The topological polar surface area (TPSA) is 71.5 Å². The van der Waals surface area contributed by atoms with E-state index in [1.807, 2.05) is 12.1 Å². The van der Waals surface area contributed by atoms with Crippen LogP contribution in [0.15, 0.2) is 18.2 Å². The summed E-state index contributed by atoms with van der Waals surface area (Å²) < 4.78 is 4.98. The minimum atomic E-state index is -0.968. The van der Waals surface area contributed by atoms with Crippen LogP contribution in [0.2, 0.25) is 0 Å². The molecular formula is C11H16N2O3. The van der Waals surface area contributed by atoms with Gasteiger partial charge in [0.1, 0.15) is 5.54 Å². The average Bonchev–Trinajstić information content (AvgIpc) is 2.26. The number of carbonyl (C=O) groups is 1. The molecule has 0 aliphatic carbocycles. The number of methoxy groups -OCH3 is 1. The highest BCUT2D eigenvalue weighted by atomic mass is 16.5. The van der Waals surface area contributed by atoms with E-state index in [0.717, 1.165) is 5.69 Å². The molecule has 0 bridgehead atoms. The summed E-state index contributed by atoms with van der Waals surface area (Å²) in [4.78, 5) is 15.0. The van der Waals surface area contributed by atoms with Crippen LogP contribution in [0.4, 0.5) is 0 Å². The summed E-state index contributed by atoms with van der Waals surface area (Å²) in [6, 6.07) is 5.37. The van der Waals surface area contributed by atoms with Gasteiger partial charge in [-0.25, -0.2) is 4.98 Å². The largest absolute Gasteiger partial charge is 0.481 e. The predicted molar refractivity (Wildman–Crippen MR) is 59.3 cm³/mol. The molecule has 1 aromatic heterocycles. The summed E-state index contributed by atoms with van der Waals surface area (Å²) in [6.45, 7) is 3.60. The van der Waals surface area contributed by atoms with Crippen molar-refractivity contribution < 1.29 is 14.6 Å². The molecule has 1 heterocycles. The first-order chi connectivity index (χ1) is 7.45. The van der Waals surface area contributed by atoms with E-state index in [-0.39, 0.29) is 0 Å². The number of nitrogens with one attached hydrogen (secondary N) is 1. The van der Waals surface area contributed by atoms with Crippen molar-refractivity contribution in [2.75, 3.05) is 7.11 Å². The summed E-state index contributed by atoms with van der Waals surface area (Å²) in [7, 11) is 1.54. The maximum Gasteiger partial charge on any atom is 0.323 e. The van der Waals surface area contributed by atoms with E-state index >= 15 is 0 Å². The lowest BCUT2D eigenvalue weighted by molar-refractivity contribution is -0.143. The fraction of sp³-hybridized carbons (Fsp3) is 0.455. The van der Waals surface area contributed by atoms with Crippen LogP contribution < -0.4 is 10.1 Å². The maximum atomic E-state index is 10.9. The second-order valence-corrected chi connectivity index (χ2v) is 3.95. The van der Waals surface area contributed by atoms with Gasteiger partial charge in [0.2, 0.25) is 5.88 Å². The molecule has 1 aromatic rings. The van der Waals surface area contributed by atoms with Crippen LogP contribution in [0, 0.1) is 0 Å². The molecule has 0 atom stereocenters. The van der Waals surface area contributed by atoms with Crippen molar-refractivity contribution in [3.05, 3.63) is 23.9 Å². The van der Waals surface area contributed by atoms with Crippen molar-refractivity contribution in [1.82, 2.24) is 10.3 Å². The second-order valence-electron chi connectivity index (χ2n) is 3.95. The number of ether oxygens (including phenoxy) is 1. The number of nitrogens with zero attached hydrogens (tertiary/aromatic N) is 1. The first-order valence-corrected chi connectivity index (χ1v) is 4.94. The average molecular weight is 224 g/mol. The Bertz CT molecular complexity index is 377. The van der Waals surface area contributed by atoms with Crippen LogP contribution in [0.3, 0.4) is 0 Å². The van der Waals surface area contributed by atoms with E-state index in [1.54, 1.807) is 27.0 Å². The summed E-state index contributed by atoms with van der Waals surface area (Å²) in [6.07, 6.45) is 0. The molecule has 0 aromatic carbocycles. The van der Waals surface area contributed by atoms with Gasteiger partial charge in [-0.05, 0) is 19.9 Å². The van der Waals surface area contributed by atoms with Gasteiger partial charge in [-0.3, -0.25) is 10.1 Å². The normalized spacial score (nSPS) is 11.2. The standard InChI is InChI=1S/C11H16N2O3/c1-11(2,10(14)15)12-7-8-5-4-6-9(13-8)16-3/h4-6,12H,7H2,1-3H3,(H,14,15). The minimum Gasteiger partial charge on any atom is -0.481 e. The van der Waals surface area contributed by atoms with Gasteiger partial charge in [0.05, 0.1) is 12.8 Å². The first kappa shape index (κ1) is 12.4. The van der Waals surface area contributed by atoms with Crippen molar-refractivity contribution in [3.63, 3.8) is 0 Å². The summed E-state index contributed by atoms with van der Waals surface area (Å²) in [5.74, 6) is -0.372. The summed E-state index contributed by atoms with van der Waals surface area (Å²) >= 11 is 0. The van der Waals surface area contributed by atoms with Gasteiger partial charge in [0, 0.05) is 12.6 Å². The Morgan fingerprint density at radius 3 is 2.81 bits per heavy atom. The van der Waals surface area contributed by atoms with Crippen molar-refractivity contribution in [2.45, 2.75) is 25.9 Å². The van der Waals surface area contributed by atoms with E-state index in [1.165, 1.54) is 0 Å².